The van der Waals surface area contributed by atoms with Crippen LogP contribution < -0.4 is 5.73 Å². The molecule has 2 N–H and O–H groups in total. The maximum absolute atomic E-state index is 11.0. The van der Waals surface area contributed by atoms with Gasteiger partial charge in [-0.1, -0.05) is 45.4 Å². The molecule has 3 heteroatoms. The van der Waals surface area contributed by atoms with E-state index in [1.54, 1.807) is 6.92 Å². The van der Waals surface area contributed by atoms with Crippen LogP contribution in [-0.4, -0.2) is 12.6 Å². The van der Waals surface area contributed by atoms with Gasteiger partial charge in [0.15, 0.2) is 0 Å². The normalized spacial score (nSPS) is 11.5. The van der Waals surface area contributed by atoms with Gasteiger partial charge in [-0.3, -0.25) is 0 Å². The van der Waals surface area contributed by atoms with Crippen LogP contribution in [0, 0.1) is 0 Å². The molecule has 0 spiro atoms. The van der Waals surface area contributed by atoms with E-state index < -0.39 is 0 Å². The summed E-state index contributed by atoms with van der Waals surface area (Å²) in [5.74, 6) is -0.328. The molecule has 16 heavy (non-hydrogen) atoms. The van der Waals surface area contributed by atoms with Crippen LogP contribution in [0.25, 0.3) is 0 Å². The quantitative estimate of drug-likeness (QED) is 0.374. The summed E-state index contributed by atoms with van der Waals surface area (Å²) in [7, 11) is 0. The maximum Gasteiger partial charge on any atom is 0.332 e. The maximum atomic E-state index is 11.0. The van der Waals surface area contributed by atoms with Gasteiger partial charge < -0.3 is 10.5 Å². The Morgan fingerprint density at radius 2 is 1.69 bits per heavy atom. The van der Waals surface area contributed by atoms with Crippen molar-refractivity contribution in [2.75, 3.05) is 6.61 Å². The Bertz CT molecular complexity index is 208. The minimum Gasteiger partial charge on any atom is -0.462 e. The number of rotatable bonds is 9. The Balaban J connectivity index is 3.21. The zero-order valence-electron chi connectivity index (χ0n) is 10.6. The van der Waals surface area contributed by atoms with Gasteiger partial charge in [-0.15, -0.1) is 0 Å². The van der Waals surface area contributed by atoms with Gasteiger partial charge in [0.25, 0.3) is 0 Å². The van der Waals surface area contributed by atoms with Crippen molar-refractivity contribution in [2.45, 2.75) is 58.8 Å². The zero-order valence-corrected chi connectivity index (χ0v) is 10.6. The smallest absolute Gasteiger partial charge is 0.332 e. The highest BCUT2D eigenvalue weighted by Gasteiger charge is 1.97. The number of hydrogen-bond donors (Lipinski definition) is 1. The molecule has 0 aliphatic rings. The lowest BCUT2D eigenvalue weighted by atomic mass is 10.1. The van der Waals surface area contributed by atoms with E-state index >= 15 is 0 Å². The van der Waals surface area contributed by atoms with Crippen LogP contribution in [0.4, 0.5) is 0 Å². The summed E-state index contributed by atoms with van der Waals surface area (Å²) in [4.78, 5) is 11.0. The predicted octanol–water partition coefficient (Wildman–Crippen LogP) is 3.14. The Hall–Kier alpha value is -0.990. The lowest BCUT2D eigenvalue weighted by Crippen LogP contribution is -2.05. The van der Waals surface area contributed by atoms with E-state index in [9.17, 15) is 4.79 Å². The molecule has 0 saturated heterocycles. The lowest BCUT2D eigenvalue weighted by molar-refractivity contribution is -0.137. The summed E-state index contributed by atoms with van der Waals surface area (Å²) < 4.78 is 4.99. The highest BCUT2D eigenvalue weighted by Crippen LogP contribution is 2.06. The molecule has 0 saturated carbocycles. The molecule has 0 amide bonds. The first-order valence-electron chi connectivity index (χ1n) is 6.27. The van der Waals surface area contributed by atoms with E-state index in [0.717, 1.165) is 12.8 Å². The number of nitrogens with two attached hydrogens (primary N) is 1. The van der Waals surface area contributed by atoms with Crippen LogP contribution in [0.1, 0.15) is 58.8 Å². The van der Waals surface area contributed by atoms with Gasteiger partial charge >= 0.3 is 5.97 Å². The monoisotopic (exact) mass is 227 g/mol. The summed E-state index contributed by atoms with van der Waals surface area (Å²) >= 11 is 0. The van der Waals surface area contributed by atoms with Crippen LogP contribution >= 0.6 is 0 Å². The lowest BCUT2D eigenvalue weighted by Gasteiger charge is -2.02. The van der Waals surface area contributed by atoms with Crippen molar-refractivity contribution in [1.29, 1.82) is 0 Å². The van der Waals surface area contributed by atoms with E-state index in [0.29, 0.717) is 12.3 Å². The summed E-state index contributed by atoms with van der Waals surface area (Å²) in [6.45, 7) is 4.40. The van der Waals surface area contributed by atoms with E-state index in [-0.39, 0.29) is 5.97 Å². The highest BCUT2D eigenvalue weighted by atomic mass is 16.5. The first-order valence-corrected chi connectivity index (χ1v) is 6.27. The molecule has 0 bridgehead atoms. The minimum atomic E-state index is -0.328. The van der Waals surface area contributed by atoms with Crippen molar-refractivity contribution in [2.24, 2.45) is 5.73 Å². The van der Waals surface area contributed by atoms with E-state index in [2.05, 4.69) is 6.92 Å². The molecule has 0 aromatic rings. The van der Waals surface area contributed by atoms with Crippen LogP contribution in [0.15, 0.2) is 11.8 Å². The van der Waals surface area contributed by atoms with Gasteiger partial charge in [0.2, 0.25) is 0 Å². The fourth-order valence-corrected chi connectivity index (χ4v) is 1.46. The first kappa shape index (κ1) is 15.0. The minimum absolute atomic E-state index is 0.328. The molecular formula is C13H25NO2. The third-order valence-corrected chi connectivity index (χ3v) is 2.34. The third kappa shape index (κ3) is 11.1. The number of unbranched alkanes of at least 4 members (excludes halogenated alkanes) is 6. The molecule has 0 rings (SSSR count). The SMILES string of the molecule is CCCCCCCCCOC(=O)/C=C(/C)N. The van der Waals surface area contributed by atoms with Crippen LogP contribution in [-0.2, 0) is 9.53 Å². The molecule has 0 atom stereocenters. The fraction of sp³-hybridized carbons (Fsp3) is 0.769. The zero-order chi connectivity index (χ0) is 12.2. The molecule has 94 valence electrons. The Morgan fingerprint density at radius 3 is 2.25 bits per heavy atom. The third-order valence-electron chi connectivity index (χ3n) is 2.34. The molecule has 0 unspecified atom stereocenters. The molecule has 0 heterocycles. The summed E-state index contributed by atoms with van der Waals surface area (Å²) in [5, 5.41) is 0. The highest BCUT2D eigenvalue weighted by molar-refractivity contribution is 5.82. The van der Waals surface area contributed by atoms with Crippen molar-refractivity contribution in [1.82, 2.24) is 0 Å². The molecule has 0 radical (unpaired) electrons. The van der Waals surface area contributed by atoms with Gasteiger partial charge in [-0.05, 0) is 13.3 Å². The number of hydrogen-bond acceptors (Lipinski definition) is 3. The number of carbonyl (C=O) groups is 1. The summed E-state index contributed by atoms with van der Waals surface area (Å²) in [6, 6.07) is 0. The van der Waals surface area contributed by atoms with Gasteiger partial charge in [0.05, 0.1) is 6.61 Å². The summed E-state index contributed by atoms with van der Waals surface area (Å²) in [6.07, 6.45) is 9.88. The average Bonchev–Trinajstić information content (AvgIpc) is 2.21. The van der Waals surface area contributed by atoms with Gasteiger partial charge in [0.1, 0.15) is 0 Å². The second-order valence-electron chi connectivity index (χ2n) is 4.18. The average molecular weight is 227 g/mol. The molecule has 0 aliphatic carbocycles. The van der Waals surface area contributed by atoms with Crippen LogP contribution in [0.3, 0.4) is 0 Å². The van der Waals surface area contributed by atoms with E-state index in [1.807, 2.05) is 0 Å². The Labute approximate surface area is 99.0 Å². The fourth-order valence-electron chi connectivity index (χ4n) is 1.46. The number of allylic oxidation sites excluding steroid dienone is 1. The Morgan fingerprint density at radius 1 is 1.12 bits per heavy atom. The van der Waals surface area contributed by atoms with Crippen molar-refractivity contribution in [3.05, 3.63) is 11.8 Å². The van der Waals surface area contributed by atoms with Gasteiger partial charge in [0, 0.05) is 11.8 Å². The second-order valence-corrected chi connectivity index (χ2v) is 4.18. The van der Waals surface area contributed by atoms with Crippen LogP contribution in [0.2, 0.25) is 0 Å². The van der Waals surface area contributed by atoms with Crippen molar-refractivity contribution >= 4 is 5.97 Å². The first-order chi connectivity index (χ1) is 7.66. The molecule has 3 nitrogen and oxygen atoms in total. The number of carbonyl (C=O) groups excluding carboxylic acids is 1. The van der Waals surface area contributed by atoms with Gasteiger partial charge in [-0.25, -0.2) is 4.79 Å². The molecule has 0 aliphatic heterocycles. The predicted molar refractivity (Wildman–Crippen MR) is 66.9 cm³/mol. The van der Waals surface area contributed by atoms with E-state index in [4.69, 9.17) is 10.5 Å². The van der Waals surface area contributed by atoms with E-state index in [1.165, 1.54) is 38.2 Å². The molecule has 0 aromatic carbocycles. The van der Waals surface area contributed by atoms with Crippen molar-refractivity contribution < 1.29 is 9.53 Å². The standard InChI is InChI=1S/C13H25NO2/c1-3-4-5-6-7-8-9-10-16-13(15)11-12(2)14/h11H,3-10,14H2,1-2H3/b12-11-. The number of esters is 1. The Kier molecular flexibility index (Phi) is 9.87. The van der Waals surface area contributed by atoms with Crippen molar-refractivity contribution in [3.63, 3.8) is 0 Å². The summed E-state index contributed by atoms with van der Waals surface area (Å²) in [5.41, 5.74) is 5.84. The molecule has 0 aromatic heterocycles. The second kappa shape index (κ2) is 10.5. The molecule has 0 fully saturated rings. The molecular weight excluding hydrogens is 202 g/mol. The van der Waals surface area contributed by atoms with Gasteiger partial charge in [-0.2, -0.15) is 0 Å². The largest absolute Gasteiger partial charge is 0.462 e. The number of ether oxygens (including phenoxy) is 1. The van der Waals surface area contributed by atoms with Crippen LogP contribution in [0.5, 0.6) is 0 Å². The topological polar surface area (TPSA) is 52.3 Å². The van der Waals surface area contributed by atoms with Crippen molar-refractivity contribution in [3.8, 4) is 0 Å².